The van der Waals surface area contributed by atoms with Crippen molar-refractivity contribution < 1.29 is 42.6 Å². The topological polar surface area (TPSA) is 83.1 Å². The molecule has 0 fully saturated rings. The molecular weight excluding hydrogens is 480 g/mol. The molecule has 0 N–H and O–H groups in total. The van der Waals surface area contributed by atoms with Crippen molar-refractivity contribution in [3.05, 3.63) is 0 Å². The summed E-state index contributed by atoms with van der Waals surface area (Å²) >= 11 is 0. The van der Waals surface area contributed by atoms with Crippen molar-refractivity contribution in [2.75, 3.05) is 73.2 Å². The fraction of sp³-hybridized carbons (Fsp3) is 1.00. The minimum absolute atomic E-state index is 0.0116. The SMILES string of the molecule is COCCCOCC(COCC(COCC(C)OC(C)C)OCC(C)OC(C)C)OCCCOC(C)C. The third-order valence-corrected chi connectivity index (χ3v) is 4.87. The molecule has 0 aliphatic rings. The second-order valence-electron chi connectivity index (χ2n) is 10.2. The van der Waals surface area contributed by atoms with Crippen LogP contribution in [-0.2, 0) is 42.6 Å². The molecule has 0 aromatic carbocycles. The van der Waals surface area contributed by atoms with Crippen LogP contribution in [0.3, 0.4) is 0 Å². The lowest BCUT2D eigenvalue weighted by Crippen LogP contribution is -2.34. The third kappa shape index (κ3) is 25.7. The Morgan fingerprint density at radius 3 is 1.49 bits per heavy atom. The van der Waals surface area contributed by atoms with E-state index in [9.17, 15) is 0 Å². The van der Waals surface area contributed by atoms with Crippen molar-refractivity contribution in [2.45, 2.75) is 111 Å². The van der Waals surface area contributed by atoms with E-state index in [0.717, 1.165) is 12.8 Å². The molecule has 224 valence electrons. The zero-order valence-electron chi connectivity index (χ0n) is 25.2. The van der Waals surface area contributed by atoms with Crippen molar-refractivity contribution >= 4 is 0 Å². The first kappa shape index (κ1) is 36.6. The van der Waals surface area contributed by atoms with E-state index in [1.807, 2.05) is 55.4 Å². The average Bonchev–Trinajstić information content (AvgIpc) is 2.80. The molecule has 9 nitrogen and oxygen atoms in total. The van der Waals surface area contributed by atoms with E-state index in [4.69, 9.17) is 42.6 Å². The van der Waals surface area contributed by atoms with Gasteiger partial charge in [-0.2, -0.15) is 0 Å². The van der Waals surface area contributed by atoms with E-state index in [-0.39, 0.29) is 42.7 Å². The number of hydrogen-bond donors (Lipinski definition) is 0. The molecule has 4 unspecified atom stereocenters. The van der Waals surface area contributed by atoms with Gasteiger partial charge in [0.1, 0.15) is 12.2 Å². The van der Waals surface area contributed by atoms with E-state index < -0.39 is 0 Å². The van der Waals surface area contributed by atoms with Crippen molar-refractivity contribution in [1.29, 1.82) is 0 Å². The van der Waals surface area contributed by atoms with E-state index >= 15 is 0 Å². The van der Waals surface area contributed by atoms with Gasteiger partial charge in [0.15, 0.2) is 0 Å². The summed E-state index contributed by atoms with van der Waals surface area (Å²) in [5.41, 5.74) is 0. The minimum atomic E-state index is -0.229. The first-order valence-corrected chi connectivity index (χ1v) is 14.0. The molecule has 0 heterocycles. The van der Waals surface area contributed by atoms with Crippen LogP contribution >= 0.6 is 0 Å². The first-order chi connectivity index (χ1) is 17.6. The van der Waals surface area contributed by atoms with Crippen molar-refractivity contribution in [1.82, 2.24) is 0 Å². The summed E-state index contributed by atoms with van der Waals surface area (Å²) in [5.74, 6) is 0. The van der Waals surface area contributed by atoms with Gasteiger partial charge in [0.2, 0.25) is 0 Å². The lowest BCUT2D eigenvalue weighted by molar-refractivity contribution is -0.122. The number of methoxy groups -OCH3 is 1. The largest absolute Gasteiger partial charge is 0.385 e. The van der Waals surface area contributed by atoms with E-state index in [2.05, 4.69) is 0 Å². The van der Waals surface area contributed by atoms with Crippen LogP contribution in [0.2, 0.25) is 0 Å². The Bertz CT molecular complexity index is 477. The van der Waals surface area contributed by atoms with Crippen molar-refractivity contribution in [2.24, 2.45) is 0 Å². The standard InChI is InChI=1S/C28H58O9/c1-22(2)33-14-11-15-34-27(18-30-13-10-12-29-9)19-32-21-28(35-17-26(8)37-24(5)6)20-31-16-25(7)36-23(3)4/h22-28H,10-21H2,1-9H3. The molecule has 0 radical (unpaired) electrons. The van der Waals surface area contributed by atoms with Crippen LogP contribution in [0.15, 0.2) is 0 Å². The molecular formula is C28H58O9. The van der Waals surface area contributed by atoms with Gasteiger partial charge >= 0.3 is 0 Å². The number of hydrogen-bond acceptors (Lipinski definition) is 9. The smallest absolute Gasteiger partial charge is 0.104 e. The van der Waals surface area contributed by atoms with Gasteiger partial charge in [0, 0.05) is 33.5 Å². The Kier molecular flexibility index (Phi) is 24.4. The molecule has 0 aromatic rings. The Morgan fingerprint density at radius 1 is 0.432 bits per heavy atom. The minimum Gasteiger partial charge on any atom is -0.385 e. The monoisotopic (exact) mass is 538 g/mol. The molecule has 9 heteroatoms. The summed E-state index contributed by atoms with van der Waals surface area (Å²) in [4.78, 5) is 0. The predicted molar refractivity (Wildman–Crippen MR) is 146 cm³/mol. The van der Waals surface area contributed by atoms with Gasteiger partial charge in [0.05, 0.1) is 70.2 Å². The van der Waals surface area contributed by atoms with Crippen molar-refractivity contribution in [3.63, 3.8) is 0 Å². The Balaban J connectivity index is 4.68. The zero-order valence-corrected chi connectivity index (χ0v) is 25.2. The van der Waals surface area contributed by atoms with Gasteiger partial charge in [0.25, 0.3) is 0 Å². The summed E-state index contributed by atoms with van der Waals surface area (Å²) in [6, 6.07) is 0. The maximum absolute atomic E-state index is 6.09. The van der Waals surface area contributed by atoms with E-state index in [1.54, 1.807) is 7.11 Å². The van der Waals surface area contributed by atoms with Gasteiger partial charge in [-0.25, -0.2) is 0 Å². The predicted octanol–water partition coefficient (Wildman–Crippen LogP) is 4.29. The van der Waals surface area contributed by atoms with Gasteiger partial charge < -0.3 is 42.6 Å². The fourth-order valence-electron chi connectivity index (χ4n) is 3.41. The fourth-order valence-corrected chi connectivity index (χ4v) is 3.41. The van der Waals surface area contributed by atoms with Crippen LogP contribution in [0, 0.1) is 0 Å². The lowest BCUT2D eigenvalue weighted by Gasteiger charge is -2.24. The highest BCUT2D eigenvalue weighted by Gasteiger charge is 2.17. The second kappa shape index (κ2) is 24.7. The summed E-state index contributed by atoms with van der Waals surface area (Å²) in [7, 11) is 1.69. The summed E-state index contributed by atoms with van der Waals surface area (Å²) in [5, 5.41) is 0. The Morgan fingerprint density at radius 2 is 0.919 bits per heavy atom. The molecule has 0 spiro atoms. The molecule has 0 aromatic heterocycles. The van der Waals surface area contributed by atoms with E-state index in [1.165, 1.54) is 0 Å². The molecule has 0 saturated heterocycles. The number of rotatable bonds is 27. The second-order valence-corrected chi connectivity index (χ2v) is 10.2. The molecule has 4 atom stereocenters. The molecule has 37 heavy (non-hydrogen) atoms. The molecule has 0 rings (SSSR count). The zero-order chi connectivity index (χ0) is 27.9. The summed E-state index contributed by atoms with van der Waals surface area (Å²) in [6.45, 7) is 21.3. The van der Waals surface area contributed by atoms with Crippen LogP contribution in [0.1, 0.15) is 68.2 Å². The highest BCUT2D eigenvalue weighted by Crippen LogP contribution is 2.06. The highest BCUT2D eigenvalue weighted by atomic mass is 16.6. The molecule has 0 bridgehead atoms. The normalized spacial score (nSPS) is 15.6. The highest BCUT2D eigenvalue weighted by molar-refractivity contribution is 4.63. The maximum Gasteiger partial charge on any atom is 0.104 e. The van der Waals surface area contributed by atoms with Gasteiger partial charge in [-0.05, 0) is 68.2 Å². The maximum atomic E-state index is 6.09. The molecule has 0 saturated carbocycles. The van der Waals surface area contributed by atoms with Gasteiger partial charge in [-0.1, -0.05) is 0 Å². The lowest BCUT2D eigenvalue weighted by atomic mass is 10.3. The Labute approximate surface area is 227 Å². The van der Waals surface area contributed by atoms with Gasteiger partial charge in [-0.3, -0.25) is 0 Å². The van der Waals surface area contributed by atoms with Crippen LogP contribution in [0.5, 0.6) is 0 Å². The van der Waals surface area contributed by atoms with Crippen LogP contribution in [-0.4, -0.2) is 116 Å². The summed E-state index contributed by atoms with van der Waals surface area (Å²) < 4.78 is 52.1. The van der Waals surface area contributed by atoms with Crippen LogP contribution in [0.4, 0.5) is 0 Å². The van der Waals surface area contributed by atoms with Crippen LogP contribution in [0.25, 0.3) is 0 Å². The van der Waals surface area contributed by atoms with Gasteiger partial charge in [-0.15, -0.1) is 0 Å². The Hall–Kier alpha value is -0.360. The summed E-state index contributed by atoms with van der Waals surface area (Å²) in [6.07, 6.45) is 1.78. The first-order valence-electron chi connectivity index (χ1n) is 14.0. The molecule has 0 aliphatic heterocycles. The average molecular weight is 539 g/mol. The number of ether oxygens (including phenoxy) is 9. The molecule has 0 aliphatic carbocycles. The quantitative estimate of drug-likeness (QED) is 0.142. The van der Waals surface area contributed by atoms with Crippen LogP contribution < -0.4 is 0 Å². The third-order valence-electron chi connectivity index (χ3n) is 4.87. The van der Waals surface area contributed by atoms with Crippen molar-refractivity contribution in [3.8, 4) is 0 Å². The molecule has 0 amide bonds. The van der Waals surface area contributed by atoms with E-state index in [0.29, 0.717) is 66.1 Å².